The van der Waals surface area contributed by atoms with E-state index in [4.69, 9.17) is 9.88 Å². The summed E-state index contributed by atoms with van der Waals surface area (Å²) >= 11 is 0. The van der Waals surface area contributed by atoms with Crippen LogP contribution in [0.15, 0.2) is 18.5 Å². The highest BCUT2D eigenvalue weighted by Crippen LogP contribution is 2.21. The smallest absolute Gasteiger partial charge is 0.234 e. The molecule has 2 aromatic rings. The van der Waals surface area contributed by atoms with Gasteiger partial charge in [0.1, 0.15) is 0 Å². The van der Waals surface area contributed by atoms with Crippen molar-refractivity contribution in [2.75, 3.05) is 12.4 Å². The van der Waals surface area contributed by atoms with Crippen LogP contribution in [0.3, 0.4) is 0 Å². The van der Waals surface area contributed by atoms with Gasteiger partial charge in [0, 0.05) is 23.4 Å². The minimum Gasteiger partial charge on any atom is -0.476 e. The summed E-state index contributed by atoms with van der Waals surface area (Å²) in [6.45, 7) is 5.63. The van der Waals surface area contributed by atoms with Gasteiger partial charge in [0.15, 0.2) is 5.65 Å². The molecule has 0 aromatic carbocycles. The molecule has 0 aliphatic heterocycles. The molecule has 2 N–H and O–H groups in total. The Kier molecular flexibility index (Phi) is 5.19. The Morgan fingerprint density at radius 2 is 2.10 bits per heavy atom. The van der Waals surface area contributed by atoms with Crippen molar-refractivity contribution in [2.45, 2.75) is 20.8 Å². The average molecular weight is 335 g/mol. The second kappa shape index (κ2) is 6.17. The number of halogens is 1. The number of imidazole rings is 1. The fraction of sp³-hybridized carbons (Fsp3) is 0.500. The van der Waals surface area contributed by atoms with Gasteiger partial charge in [-0.25, -0.2) is 23.1 Å². The monoisotopic (exact) mass is 334 g/mol. The third kappa shape index (κ3) is 4.83. The van der Waals surface area contributed by atoms with E-state index in [1.165, 1.54) is 0 Å². The minimum atomic E-state index is -3.54. The van der Waals surface area contributed by atoms with Crippen LogP contribution >= 0.6 is 12.4 Å². The number of nitrogens with zero attached hydrogens (tertiary/aromatic N) is 3. The van der Waals surface area contributed by atoms with Gasteiger partial charge in [-0.15, -0.1) is 17.5 Å². The van der Waals surface area contributed by atoms with Crippen LogP contribution in [0, 0.1) is 12.3 Å². The second-order valence-electron chi connectivity index (χ2n) is 5.62. The lowest BCUT2D eigenvalue weighted by Crippen LogP contribution is -2.33. The zero-order valence-electron chi connectivity index (χ0n) is 12.1. The number of hydrogen-bond donors (Lipinski definition) is 1. The first-order valence-electron chi connectivity index (χ1n) is 6.11. The van der Waals surface area contributed by atoms with E-state index >= 15 is 0 Å². The van der Waals surface area contributed by atoms with Crippen LogP contribution < -0.4 is 9.88 Å². The standard InChI is InChI=1S/C12H18N4O3S.ClH/c1-9-6-10-14-4-5-16(10)15-11(9)19-7-12(2,3)8-20(13,17)18;/h4-6H,7-8H2,1-3H3,(H2,13,17,18);1H. The van der Waals surface area contributed by atoms with Gasteiger partial charge < -0.3 is 4.74 Å². The number of ether oxygens (including phenoxy) is 1. The summed E-state index contributed by atoms with van der Waals surface area (Å²) in [7, 11) is -3.54. The topological polar surface area (TPSA) is 99.6 Å². The van der Waals surface area contributed by atoms with Crippen molar-refractivity contribution >= 4 is 28.1 Å². The summed E-state index contributed by atoms with van der Waals surface area (Å²) in [6, 6.07) is 1.86. The molecule has 0 unspecified atom stereocenters. The van der Waals surface area contributed by atoms with Crippen LogP contribution in [0.5, 0.6) is 5.88 Å². The van der Waals surface area contributed by atoms with Crippen molar-refractivity contribution in [3.63, 3.8) is 0 Å². The first-order valence-corrected chi connectivity index (χ1v) is 7.82. The molecule has 0 saturated carbocycles. The predicted molar refractivity (Wildman–Crippen MR) is 82.2 cm³/mol. The highest BCUT2D eigenvalue weighted by atomic mass is 35.5. The van der Waals surface area contributed by atoms with Crippen LogP contribution in [0.4, 0.5) is 0 Å². The summed E-state index contributed by atoms with van der Waals surface area (Å²) in [4.78, 5) is 4.13. The fourth-order valence-electron chi connectivity index (χ4n) is 1.92. The quantitative estimate of drug-likeness (QED) is 0.884. The number of fused-ring (bicyclic) bond motifs is 1. The maximum absolute atomic E-state index is 11.2. The van der Waals surface area contributed by atoms with Crippen LogP contribution in [-0.4, -0.2) is 35.4 Å². The van der Waals surface area contributed by atoms with E-state index in [0.717, 1.165) is 11.2 Å². The highest BCUT2D eigenvalue weighted by molar-refractivity contribution is 7.89. The summed E-state index contributed by atoms with van der Waals surface area (Å²) in [5.41, 5.74) is 0.986. The molecule has 2 heterocycles. The number of hydrogen-bond acceptors (Lipinski definition) is 5. The molecular formula is C12H19ClN4O3S. The van der Waals surface area contributed by atoms with Crippen molar-refractivity contribution in [2.24, 2.45) is 10.6 Å². The SMILES string of the molecule is Cc1cc2nccn2nc1OCC(C)(C)CS(N)(=O)=O.Cl. The Morgan fingerprint density at radius 3 is 2.71 bits per heavy atom. The maximum atomic E-state index is 11.2. The molecule has 0 aliphatic carbocycles. The third-order valence-corrected chi connectivity index (χ3v) is 3.91. The van der Waals surface area contributed by atoms with Gasteiger partial charge in [0.05, 0.1) is 12.4 Å². The number of nitrogens with two attached hydrogens (primary N) is 1. The van der Waals surface area contributed by atoms with E-state index in [1.807, 2.05) is 13.0 Å². The van der Waals surface area contributed by atoms with Crippen molar-refractivity contribution in [3.05, 3.63) is 24.0 Å². The lowest BCUT2D eigenvalue weighted by molar-refractivity contribution is 0.190. The van der Waals surface area contributed by atoms with E-state index in [0.29, 0.717) is 5.88 Å². The molecule has 118 valence electrons. The Bertz CT molecular complexity index is 727. The molecule has 2 aromatic heterocycles. The van der Waals surface area contributed by atoms with Crippen LogP contribution in [-0.2, 0) is 10.0 Å². The number of aryl methyl sites for hydroxylation is 1. The number of primary sulfonamides is 1. The van der Waals surface area contributed by atoms with E-state index in [-0.39, 0.29) is 24.8 Å². The normalized spacial score (nSPS) is 12.2. The van der Waals surface area contributed by atoms with Gasteiger partial charge in [0.25, 0.3) is 0 Å². The van der Waals surface area contributed by atoms with Crippen LogP contribution in [0.2, 0.25) is 0 Å². The van der Waals surface area contributed by atoms with E-state index in [1.54, 1.807) is 30.8 Å². The molecule has 0 bridgehead atoms. The molecule has 0 fully saturated rings. The molecule has 0 radical (unpaired) electrons. The van der Waals surface area contributed by atoms with E-state index in [2.05, 4.69) is 10.1 Å². The Balaban J connectivity index is 0.00000220. The molecule has 0 atom stereocenters. The van der Waals surface area contributed by atoms with E-state index < -0.39 is 15.4 Å². The molecule has 21 heavy (non-hydrogen) atoms. The number of sulfonamides is 1. The van der Waals surface area contributed by atoms with Crippen LogP contribution in [0.25, 0.3) is 5.65 Å². The predicted octanol–water partition coefficient (Wildman–Crippen LogP) is 1.15. The van der Waals surface area contributed by atoms with Crippen LogP contribution in [0.1, 0.15) is 19.4 Å². The summed E-state index contributed by atoms with van der Waals surface area (Å²) in [5, 5.41) is 9.36. The second-order valence-corrected chi connectivity index (χ2v) is 7.24. The molecule has 0 amide bonds. The molecular weight excluding hydrogens is 316 g/mol. The van der Waals surface area contributed by atoms with Gasteiger partial charge >= 0.3 is 0 Å². The Labute approximate surface area is 130 Å². The van der Waals surface area contributed by atoms with Gasteiger partial charge in [-0.05, 0) is 13.0 Å². The summed E-state index contributed by atoms with van der Waals surface area (Å²) < 4.78 is 29.6. The lowest BCUT2D eigenvalue weighted by atomic mass is 9.98. The molecule has 0 saturated heterocycles. The fourth-order valence-corrected chi connectivity index (χ4v) is 3.09. The molecule has 2 rings (SSSR count). The van der Waals surface area contributed by atoms with Gasteiger partial charge in [-0.1, -0.05) is 13.8 Å². The van der Waals surface area contributed by atoms with Gasteiger partial charge in [0.2, 0.25) is 15.9 Å². The summed E-state index contributed by atoms with van der Waals surface area (Å²) in [6.07, 6.45) is 3.37. The molecule has 0 aliphatic rings. The largest absolute Gasteiger partial charge is 0.476 e. The minimum absolute atomic E-state index is 0. The molecule has 9 heteroatoms. The zero-order chi connectivity index (χ0) is 15.0. The Morgan fingerprint density at radius 1 is 1.43 bits per heavy atom. The lowest BCUT2D eigenvalue weighted by Gasteiger charge is -2.23. The first-order chi connectivity index (χ1) is 9.16. The molecule has 0 spiro atoms. The van der Waals surface area contributed by atoms with Crippen molar-refractivity contribution in [1.29, 1.82) is 0 Å². The van der Waals surface area contributed by atoms with Crippen molar-refractivity contribution in [1.82, 2.24) is 14.6 Å². The van der Waals surface area contributed by atoms with Gasteiger partial charge in [-0.2, -0.15) is 0 Å². The first kappa shape index (κ1) is 17.7. The molecule has 7 nitrogen and oxygen atoms in total. The zero-order valence-corrected chi connectivity index (χ0v) is 13.7. The maximum Gasteiger partial charge on any atom is 0.234 e. The Hall–Kier alpha value is -1.38. The van der Waals surface area contributed by atoms with Crippen molar-refractivity contribution < 1.29 is 13.2 Å². The summed E-state index contributed by atoms with van der Waals surface area (Å²) in [5.74, 6) is 0.310. The third-order valence-electron chi connectivity index (χ3n) is 2.72. The number of rotatable bonds is 5. The number of aromatic nitrogens is 3. The van der Waals surface area contributed by atoms with Crippen molar-refractivity contribution in [3.8, 4) is 5.88 Å². The highest BCUT2D eigenvalue weighted by Gasteiger charge is 2.25. The van der Waals surface area contributed by atoms with E-state index in [9.17, 15) is 8.42 Å². The van der Waals surface area contributed by atoms with Gasteiger partial charge in [-0.3, -0.25) is 0 Å². The average Bonchev–Trinajstić information content (AvgIpc) is 2.69.